The second kappa shape index (κ2) is 12.6. The van der Waals surface area contributed by atoms with E-state index in [9.17, 15) is 31.1 Å². The number of likely N-dealkylation sites (tertiary alicyclic amines) is 2. The van der Waals surface area contributed by atoms with Crippen molar-refractivity contribution in [3.63, 3.8) is 0 Å². The van der Waals surface area contributed by atoms with E-state index in [0.29, 0.717) is 11.8 Å². The molecule has 1 amide bonds. The molecule has 37 heavy (non-hydrogen) atoms. The molecule has 1 atom stereocenters. The van der Waals surface area contributed by atoms with Gasteiger partial charge in [0.25, 0.3) is 0 Å². The first-order valence-electron chi connectivity index (χ1n) is 11.6. The Morgan fingerprint density at radius 2 is 1.57 bits per heavy atom. The second-order valence-corrected chi connectivity index (χ2v) is 9.49. The van der Waals surface area contributed by atoms with Gasteiger partial charge in [-0.3, -0.25) is 9.78 Å². The molecule has 2 aliphatic heterocycles. The van der Waals surface area contributed by atoms with Gasteiger partial charge in [-0.25, -0.2) is 9.59 Å². The van der Waals surface area contributed by atoms with Crippen molar-refractivity contribution in [3.05, 3.63) is 30.1 Å². The lowest BCUT2D eigenvalue weighted by Gasteiger charge is -2.40. The Balaban J connectivity index is 0.000000286. The highest BCUT2D eigenvalue weighted by Gasteiger charge is 2.43. The normalized spacial score (nSPS) is 21.9. The zero-order valence-corrected chi connectivity index (χ0v) is 19.9. The predicted molar refractivity (Wildman–Crippen MR) is 117 cm³/mol. The third-order valence-corrected chi connectivity index (χ3v) is 6.31. The summed E-state index contributed by atoms with van der Waals surface area (Å²) in [6.07, 6.45) is 0.493. The molecule has 0 bridgehead atoms. The van der Waals surface area contributed by atoms with E-state index in [-0.39, 0.29) is 5.91 Å². The topological polar surface area (TPSA) is 111 Å². The maximum Gasteiger partial charge on any atom is 0.490 e. The molecule has 3 aliphatic rings. The first-order valence-corrected chi connectivity index (χ1v) is 11.6. The zero-order chi connectivity index (χ0) is 27.9. The molecular formula is C23H29F6N3O5. The van der Waals surface area contributed by atoms with Crippen molar-refractivity contribution < 1.29 is 50.9 Å². The number of carbonyl (C=O) groups is 3. The molecule has 2 N–H and O–H groups in total. The van der Waals surface area contributed by atoms with Gasteiger partial charge in [-0.15, -0.1) is 0 Å². The molecule has 1 spiro atoms. The van der Waals surface area contributed by atoms with Gasteiger partial charge in [0.2, 0.25) is 5.91 Å². The Kier molecular flexibility index (Phi) is 10.3. The maximum atomic E-state index is 12.7. The first kappa shape index (κ1) is 30.3. The van der Waals surface area contributed by atoms with Gasteiger partial charge in [0.15, 0.2) is 0 Å². The Morgan fingerprint density at radius 1 is 0.973 bits per heavy atom. The number of pyridine rings is 1. The van der Waals surface area contributed by atoms with E-state index in [1.54, 1.807) is 6.20 Å². The van der Waals surface area contributed by atoms with Crippen LogP contribution < -0.4 is 0 Å². The van der Waals surface area contributed by atoms with Crippen LogP contribution in [-0.4, -0.2) is 87.9 Å². The number of aromatic nitrogens is 1. The van der Waals surface area contributed by atoms with Crippen LogP contribution in [0.25, 0.3) is 0 Å². The average molecular weight is 541 g/mol. The third kappa shape index (κ3) is 10.5. The summed E-state index contributed by atoms with van der Waals surface area (Å²) in [5, 5.41) is 14.2. The number of piperidine rings is 1. The number of hydrogen-bond acceptors (Lipinski definition) is 5. The number of halogens is 6. The molecule has 2 saturated heterocycles. The number of carboxylic acids is 2. The molecule has 1 aromatic rings. The van der Waals surface area contributed by atoms with Crippen LogP contribution in [0.1, 0.15) is 37.7 Å². The fourth-order valence-electron chi connectivity index (χ4n) is 4.39. The highest BCUT2D eigenvalue weighted by molar-refractivity contribution is 5.78. The van der Waals surface area contributed by atoms with E-state index in [4.69, 9.17) is 19.8 Å². The minimum Gasteiger partial charge on any atom is -0.475 e. The highest BCUT2D eigenvalue weighted by atomic mass is 19.4. The maximum absolute atomic E-state index is 12.7. The molecule has 4 rings (SSSR count). The van der Waals surface area contributed by atoms with Gasteiger partial charge in [0.05, 0.1) is 6.42 Å². The molecule has 208 valence electrons. The first-order chi connectivity index (χ1) is 17.1. The summed E-state index contributed by atoms with van der Waals surface area (Å²) in [4.78, 5) is 39.4. The monoisotopic (exact) mass is 541 g/mol. The number of carboxylic acid groups (broad SMARTS) is 2. The Labute approximate surface area is 209 Å². The van der Waals surface area contributed by atoms with Crippen LogP contribution in [0.2, 0.25) is 0 Å². The summed E-state index contributed by atoms with van der Waals surface area (Å²) in [6.45, 7) is 5.64. The Hall–Kier alpha value is -2.90. The minimum atomic E-state index is -5.08. The van der Waals surface area contributed by atoms with Crippen molar-refractivity contribution >= 4 is 17.8 Å². The molecule has 0 radical (unpaired) electrons. The zero-order valence-electron chi connectivity index (χ0n) is 19.9. The minimum absolute atomic E-state index is 0.276. The molecule has 1 aliphatic carbocycles. The average Bonchev–Trinajstić information content (AvgIpc) is 3.54. The van der Waals surface area contributed by atoms with Crippen molar-refractivity contribution in [1.29, 1.82) is 0 Å². The lowest BCUT2D eigenvalue weighted by atomic mass is 9.79. The van der Waals surface area contributed by atoms with Crippen LogP contribution in [0.15, 0.2) is 24.5 Å². The molecule has 3 fully saturated rings. The summed E-state index contributed by atoms with van der Waals surface area (Å²) in [5.74, 6) is -4.27. The number of nitrogens with zero attached hydrogens (tertiary/aromatic N) is 3. The van der Waals surface area contributed by atoms with E-state index in [2.05, 4.69) is 14.8 Å². The second-order valence-electron chi connectivity index (χ2n) is 9.49. The highest BCUT2D eigenvalue weighted by Crippen LogP contribution is 2.41. The van der Waals surface area contributed by atoms with Crippen molar-refractivity contribution in [1.82, 2.24) is 14.8 Å². The number of hydrogen-bond donors (Lipinski definition) is 2. The summed E-state index contributed by atoms with van der Waals surface area (Å²) in [7, 11) is 0. The molecule has 1 aromatic heterocycles. The predicted octanol–water partition coefficient (Wildman–Crippen LogP) is 3.62. The molecule has 8 nitrogen and oxygen atoms in total. The van der Waals surface area contributed by atoms with E-state index >= 15 is 0 Å². The van der Waals surface area contributed by atoms with Gasteiger partial charge in [-0.1, -0.05) is 6.07 Å². The van der Waals surface area contributed by atoms with Crippen LogP contribution in [0.3, 0.4) is 0 Å². The van der Waals surface area contributed by atoms with E-state index in [1.807, 2.05) is 18.3 Å². The largest absolute Gasteiger partial charge is 0.490 e. The van der Waals surface area contributed by atoms with Crippen molar-refractivity contribution in [2.75, 3.05) is 32.7 Å². The lowest BCUT2D eigenvalue weighted by molar-refractivity contribution is -0.193. The Bertz CT molecular complexity index is 900. The fourth-order valence-corrected chi connectivity index (χ4v) is 4.39. The van der Waals surface area contributed by atoms with Gasteiger partial charge in [-0.05, 0) is 56.2 Å². The molecule has 14 heteroatoms. The van der Waals surface area contributed by atoms with E-state index < -0.39 is 24.3 Å². The molecule has 1 unspecified atom stereocenters. The van der Waals surface area contributed by atoms with Gasteiger partial charge in [0, 0.05) is 44.0 Å². The molecular weight excluding hydrogens is 512 g/mol. The van der Waals surface area contributed by atoms with Crippen LogP contribution in [-0.2, 0) is 20.8 Å². The van der Waals surface area contributed by atoms with Crippen molar-refractivity contribution in [2.24, 2.45) is 11.3 Å². The summed E-state index contributed by atoms with van der Waals surface area (Å²) in [5.41, 5.74) is 1.40. The summed E-state index contributed by atoms with van der Waals surface area (Å²) in [6, 6.07) is 3.91. The SMILES string of the molecule is O=C(Cc1cccnc1)N1CCCC2(CCN(CC3CC3)C2)C1.O=C(O)C(F)(F)F.O=C(O)C(F)(F)F. The van der Waals surface area contributed by atoms with Gasteiger partial charge in [-0.2, -0.15) is 26.3 Å². The number of alkyl halides is 6. The quantitative estimate of drug-likeness (QED) is 0.561. The lowest BCUT2D eigenvalue weighted by Crippen LogP contribution is -2.47. The molecule has 1 saturated carbocycles. The number of carbonyl (C=O) groups excluding carboxylic acids is 1. The fraction of sp³-hybridized carbons (Fsp3) is 0.652. The van der Waals surface area contributed by atoms with E-state index in [1.165, 1.54) is 45.3 Å². The van der Waals surface area contributed by atoms with Gasteiger partial charge in [0.1, 0.15) is 0 Å². The summed E-state index contributed by atoms with van der Waals surface area (Å²) < 4.78 is 63.5. The van der Waals surface area contributed by atoms with Crippen LogP contribution in [0.5, 0.6) is 0 Å². The van der Waals surface area contributed by atoms with Crippen LogP contribution in [0.4, 0.5) is 26.3 Å². The molecule has 0 aromatic carbocycles. The third-order valence-electron chi connectivity index (χ3n) is 6.31. The Morgan fingerprint density at radius 3 is 2.05 bits per heavy atom. The standard InChI is InChI=1S/C19H27N3O.2C2HF3O2/c23-18(11-17-3-1-8-20-12-17)22-9-2-6-19(15-22)7-10-21(14-19)13-16-4-5-16;2*3-2(4,5)1(6)7/h1,3,8,12,16H,2,4-7,9-11,13-15H2;2*(H,6,7). The number of aliphatic carboxylic acids is 2. The molecule has 3 heterocycles. The van der Waals surface area contributed by atoms with Gasteiger partial charge < -0.3 is 20.0 Å². The van der Waals surface area contributed by atoms with Crippen LogP contribution >= 0.6 is 0 Å². The smallest absolute Gasteiger partial charge is 0.475 e. The van der Waals surface area contributed by atoms with Crippen molar-refractivity contribution in [2.45, 2.75) is 50.9 Å². The van der Waals surface area contributed by atoms with Gasteiger partial charge >= 0.3 is 24.3 Å². The van der Waals surface area contributed by atoms with Crippen molar-refractivity contribution in [3.8, 4) is 0 Å². The van der Waals surface area contributed by atoms with E-state index in [0.717, 1.165) is 31.0 Å². The number of rotatable bonds is 4. The number of amides is 1. The van der Waals surface area contributed by atoms with Crippen LogP contribution in [0, 0.1) is 11.3 Å². The summed E-state index contributed by atoms with van der Waals surface area (Å²) >= 11 is 0.